The highest BCUT2D eigenvalue weighted by Crippen LogP contribution is 2.19. The number of carbonyl (C=O) groups excluding carboxylic acids is 1. The van der Waals surface area contributed by atoms with Crippen molar-refractivity contribution >= 4 is 11.7 Å². The lowest BCUT2D eigenvalue weighted by molar-refractivity contribution is 0.230. The van der Waals surface area contributed by atoms with E-state index in [1.807, 2.05) is 18.2 Å². The Morgan fingerprint density at radius 2 is 2.18 bits per heavy atom. The van der Waals surface area contributed by atoms with Gasteiger partial charge in [0.2, 0.25) is 0 Å². The molecule has 2 N–H and O–H groups in total. The van der Waals surface area contributed by atoms with Gasteiger partial charge in [-0.15, -0.1) is 0 Å². The minimum Gasteiger partial charge on any atom is -0.331 e. The Hall–Kier alpha value is -1.55. The number of hydrogen-bond acceptors (Lipinski definition) is 2. The molecule has 1 aliphatic carbocycles. The maximum atomic E-state index is 11.5. The van der Waals surface area contributed by atoms with Crippen molar-refractivity contribution < 1.29 is 4.79 Å². The largest absolute Gasteiger partial charge is 0.331 e. The molecule has 0 atom stereocenters. The van der Waals surface area contributed by atoms with Crippen molar-refractivity contribution in [3.8, 4) is 0 Å². The molecule has 0 saturated heterocycles. The SMILES string of the molecule is CN(C)C(=O)Nc1cccc(CNC2CC2)c1. The van der Waals surface area contributed by atoms with Crippen molar-refractivity contribution in [2.75, 3.05) is 19.4 Å². The normalized spacial score (nSPS) is 14.5. The van der Waals surface area contributed by atoms with Crippen LogP contribution in [-0.2, 0) is 6.54 Å². The zero-order chi connectivity index (χ0) is 12.3. The van der Waals surface area contributed by atoms with Crippen LogP contribution in [0.3, 0.4) is 0 Å². The molecule has 4 heteroatoms. The van der Waals surface area contributed by atoms with E-state index in [0.29, 0.717) is 6.04 Å². The van der Waals surface area contributed by atoms with Gasteiger partial charge in [-0.1, -0.05) is 12.1 Å². The van der Waals surface area contributed by atoms with Crippen LogP contribution < -0.4 is 10.6 Å². The van der Waals surface area contributed by atoms with Crippen molar-refractivity contribution in [3.05, 3.63) is 29.8 Å². The van der Waals surface area contributed by atoms with Crippen LogP contribution in [0.5, 0.6) is 0 Å². The number of anilines is 1. The first-order valence-corrected chi connectivity index (χ1v) is 5.96. The van der Waals surface area contributed by atoms with Crippen molar-refractivity contribution in [3.63, 3.8) is 0 Å². The van der Waals surface area contributed by atoms with Crippen LogP contribution in [0.25, 0.3) is 0 Å². The number of hydrogen-bond donors (Lipinski definition) is 2. The fraction of sp³-hybridized carbons (Fsp3) is 0.462. The van der Waals surface area contributed by atoms with Gasteiger partial charge in [-0.05, 0) is 30.5 Å². The van der Waals surface area contributed by atoms with Gasteiger partial charge >= 0.3 is 6.03 Å². The molecular weight excluding hydrogens is 214 g/mol. The van der Waals surface area contributed by atoms with E-state index in [-0.39, 0.29) is 6.03 Å². The summed E-state index contributed by atoms with van der Waals surface area (Å²) in [7, 11) is 3.46. The molecule has 2 rings (SSSR count). The summed E-state index contributed by atoms with van der Waals surface area (Å²) in [4.78, 5) is 13.0. The molecular formula is C13H19N3O. The minimum absolute atomic E-state index is 0.0997. The van der Waals surface area contributed by atoms with E-state index in [4.69, 9.17) is 0 Å². The summed E-state index contributed by atoms with van der Waals surface area (Å²) >= 11 is 0. The Balaban J connectivity index is 1.92. The second kappa shape index (κ2) is 5.19. The second-order valence-corrected chi connectivity index (χ2v) is 4.68. The Kier molecular flexibility index (Phi) is 3.64. The van der Waals surface area contributed by atoms with E-state index in [1.165, 1.54) is 23.3 Å². The van der Waals surface area contributed by atoms with Crippen LogP contribution in [0.15, 0.2) is 24.3 Å². The van der Waals surface area contributed by atoms with Crippen LogP contribution >= 0.6 is 0 Å². The number of nitrogens with one attached hydrogen (secondary N) is 2. The third-order valence-corrected chi connectivity index (χ3v) is 2.76. The first-order valence-electron chi connectivity index (χ1n) is 5.96. The predicted octanol–water partition coefficient (Wildman–Crippen LogP) is 2.03. The lowest BCUT2D eigenvalue weighted by Gasteiger charge is -2.12. The fourth-order valence-corrected chi connectivity index (χ4v) is 1.54. The van der Waals surface area contributed by atoms with Gasteiger partial charge in [-0.2, -0.15) is 0 Å². The summed E-state index contributed by atoms with van der Waals surface area (Å²) in [6.07, 6.45) is 2.58. The maximum Gasteiger partial charge on any atom is 0.321 e. The Labute approximate surface area is 102 Å². The van der Waals surface area contributed by atoms with Gasteiger partial charge in [0, 0.05) is 32.4 Å². The topological polar surface area (TPSA) is 44.4 Å². The Bertz CT molecular complexity index is 399. The van der Waals surface area contributed by atoms with Crippen molar-refractivity contribution in [1.29, 1.82) is 0 Å². The van der Waals surface area contributed by atoms with Crippen LogP contribution in [0.2, 0.25) is 0 Å². The van der Waals surface area contributed by atoms with E-state index in [2.05, 4.69) is 16.7 Å². The van der Waals surface area contributed by atoms with E-state index in [0.717, 1.165) is 12.2 Å². The monoisotopic (exact) mass is 233 g/mol. The molecule has 0 heterocycles. The third-order valence-electron chi connectivity index (χ3n) is 2.76. The molecule has 4 nitrogen and oxygen atoms in total. The van der Waals surface area contributed by atoms with Crippen molar-refractivity contribution in [2.24, 2.45) is 0 Å². The fourth-order valence-electron chi connectivity index (χ4n) is 1.54. The lowest BCUT2D eigenvalue weighted by atomic mass is 10.2. The number of urea groups is 1. The number of benzene rings is 1. The van der Waals surface area contributed by atoms with Crippen LogP contribution in [0.1, 0.15) is 18.4 Å². The first kappa shape index (κ1) is 11.9. The molecule has 1 fully saturated rings. The molecule has 1 aromatic rings. The van der Waals surface area contributed by atoms with Crippen molar-refractivity contribution in [2.45, 2.75) is 25.4 Å². The highest BCUT2D eigenvalue weighted by molar-refractivity contribution is 5.88. The summed E-state index contributed by atoms with van der Waals surface area (Å²) < 4.78 is 0. The van der Waals surface area contributed by atoms with Gasteiger partial charge in [0.25, 0.3) is 0 Å². The predicted molar refractivity (Wildman–Crippen MR) is 69.0 cm³/mol. The lowest BCUT2D eigenvalue weighted by Crippen LogP contribution is -2.27. The van der Waals surface area contributed by atoms with E-state index in [1.54, 1.807) is 14.1 Å². The number of nitrogens with zero attached hydrogens (tertiary/aromatic N) is 1. The summed E-state index contributed by atoms with van der Waals surface area (Å²) in [5.41, 5.74) is 2.05. The van der Waals surface area contributed by atoms with Gasteiger partial charge in [-0.3, -0.25) is 0 Å². The second-order valence-electron chi connectivity index (χ2n) is 4.68. The van der Waals surface area contributed by atoms with Gasteiger partial charge in [0.15, 0.2) is 0 Å². The quantitative estimate of drug-likeness (QED) is 0.835. The molecule has 2 amide bonds. The van der Waals surface area contributed by atoms with Gasteiger partial charge < -0.3 is 15.5 Å². The first-order chi connectivity index (χ1) is 8.15. The van der Waals surface area contributed by atoms with E-state index < -0.39 is 0 Å². The molecule has 1 aliphatic rings. The Morgan fingerprint density at radius 1 is 1.41 bits per heavy atom. The van der Waals surface area contributed by atoms with E-state index >= 15 is 0 Å². The summed E-state index contributed by atoms with van der Waals surface area (Å²) in [5.74, 6) is 0. The number of carbonyl (C=O) groups is 1. The molecule has 0 bridgehead atoms. The molecule has 0 unspecified atom stereocenters. The van der Waals surface area contributed by atoms with Crippen LogP contribution in [0, 0.1) is 0 Å². The minimum atomic E-state index is -0.0997. The standard InChI is InChI=1S/C13H19N3O/c1-16(2)13(17)15-12-5-3-4-10(8-12)9-14-11-6-7-11/h3-5,8,11,14H,6-7,9H2,1-2H3,(H,15,17). The highest BCUT2D eigenvalue weighted by atomic mass is 16.2. The third kappa shape index (κ3) is 3.75. The molecule has 0 aromatic heterocycles. The molecule has 1 aromatic carbocycles. The zero-order valence-electron chi connectivity index (χ0n) is 10.4. The Morgan fingerprint density at radius 3 is 2.82 bits per heavy atom. The van der Waals surface area contributed by atoms with Gasteiger partial charge in [-0.25, -0.2) is 4.79 Å². The summed E-state index contributed by atoms with van der Waals surface area (Å²) in [6, 6.07) is 8.56. The highest BCUT2D eigenvalue weighted by Gasteiger charge is 2.19. The van der Waals surface area contributed by atoms with Crippen LogP contribution in [-0.4, -0.2) is 31.1 Å². The molecule has 0 spiro atoms. The average molecular weight is 233 g/mol. The number of amides is 2. The summed E-state index contributed by atoms with van der Waals surface area (Å²) in [6.45, 7) is 0.871. The number of rotatable bonds is 4. The summed E-state index contributed by atoms with van der Waals surface area (Å²) in [5, 5.41) is 6.30. The van der Waals surface area contributed by atoms with Crippen LogP contribution in [0.4, 0.5) is 10.5 Å². The molecule has 0 aliphatic heterocycles. The molecule has 17 heavy (non-hydrogen) atoms. The van der Waals surface area contributed by atoms with E-state index in [9.17, 15) is 4.79 Å². The smallest absolute Gasteiger partial charge is 0.321 e. The van der Waals surface area contributed by atoms with Gasteiger partial charge in [0.1, 0.15) is 0 Å². The van der Waals surface area contributed by atoms with Gasteiger partial charge in [0.05, 0.1) is 0 Å². The van der Waals surface area contributed by atoms with Crippen molar-refractivity contribution in [1.82, 2.24) is 10.2 Å². The molecule has 0 radical (unpaired) electrons. The zero-order valence-corrected chi connectivity index (χ0v) is 10.4. The molecule has 1 saturated carbocycles. The maximum absolute atomic E-state index is 11.5. The average Bonchev–Trinajstić information content (AvgIpc) is 3.10. The molecule has 92 valence electrons.